The highest BCUT2D eigenvalue weighted by atomic mass is 31.2. The zero-order valence-electron chi connectivity index (χ0n) is 19.4. The van der Waals surface area contributed by atoms with Crippen LogP contribution in [0, 0.1) is 5.82 Å². The van der Waals surface area contributed by atoms with Crippen molar-refractivity contribution in [2.45, 2.75) is 19.6 Å². The Kier molecular flexibility index (Phi) is 8.07. The molecular formula is C24H25FN4O6P+. The second-order valence-corrected chi connectivity index (χ2v) is 9.34. The summed E-state index contributed by atoms with van der Waals surface area (Å²) in [4.78, 5) is 13.7. The number of aromatic nitrogens is 3. The summed E-state index contributed by atoms with van der Waals surface area (Å²) < 4.78 is 46.6. The fourth-order valence-corrected chi connectivity index (χ4v) is 3.75. The van der Waals surface area contributed by atoms with E-state index in [9.17, 15) is 13.8 Å². The zero-order chi connectivity index (χ0) is 25.5. The monoisotopic (exact) mass is 515 g/mol. The van der Waals surface area contributed by atoms with Crippen LogP contribution >= 0.6 is 7.82 Å². The highest BCUT2D eigenvalue weighted by molar-refractivity contribution is 7.47. The summed E-state index contributed by atoms with van der Waals surface area (Å²) in [6, 6.07) is 15.2. The zero-order valence-corrected chi connectivity index (χ0v) is 20.3. The summed E-state index contributed by atoms with van der Waals surface area (Å²) in [6.07, 6.45) is 4.33. The first-order chi connectivity index (χ1) is 17.3. The fourth-order valence-electron chi connectivity index (χ4n) is 3.37. The molecule has 1 atom stereocenters. The molecule has 4 aromatic rings. The second kappa shape index (κ2) is 11.4. The molecule has 12 heteroatoms. The van der Waals surface area contributed by atoms with E-state index in [0.717, 1.165) is 18.2 Å². The summed E-state index contributed by atoms with van der Waals surface area (Å²) in [5.41, 5.74) is 9.15. The Morgan fingerprint density at radius 3 is 2.78 bits per heavy atom. The molecule has 3 aromatic heterocycles. The van der Waals surface area contributed by atoms with Crippen LogP contribution in [0.2, 0.25) is 0 Å². The van der Waals surface area contributed by atoms with Crippen molar-refractivity contribution in [1.82, 2.24) is 10.1 Å². The molecule has 1 unspecified atom stereocenters. The lowest BCUT2D eigenvalue weighted by molar-refractivity contribution is -0.711. The predicted molar refractivity (Wildman–Crippen MR) is 127 cm³/mol. The van der Waals surface area contributed by atoms with Crippen molar-refractivity contribution < 1.29 is 36.7 Å². The third kappa shape index (κ3) is 6.73. The highest BCUT2D eigenvalue weighted by Gasteiger charge is 2.22. The van der Waals surface area contributed by atoms with E-state index in [4.69, 9.17) is 19.5 Å². The van der Waals surface area contributed by atoms with Gasteiger partial charge in [-0.3, -0.25) is 10.3 Å². The fraction of sp³-hybridized carbons (Fsp3) is 0.208. The summed E-state index contributed by atoms with van der Waals surface area (Å²) in [5.74, 6) is 0.897. The van der Waals surface area contributed by atoms with Crippen LogP contribution in [0.15, 0.2) is 71.5 Å². The average Bonchev–Trinajstić information content (AvgIpc) is 3.33. The average molecular weight is 515 g/mol. The van der Waals surface area contributed by atoms with E-state index in [1.165, 1.54) is 16.7 Å². The summed E-state index contributed by atoms with van der Waals surface area (Å²) >= 11 is 0. The Bertz CT molecular complexity index is 1360. The van der Waals surface area contributed by atoms with Crippen molar-refractivity contribution in [2.75, 3.05) is 19.5 Å². The van der Waals surface area contributed by atoms with Crippen LogP contribution < -0.4 is 15.0 Å². The van der Waals surface area contributed by atoms with Crippen molar-refractivity contribution in [2.24, 2.45) is 0 Å². The number of pyridine rings is 2. The van der Waals surface area contributed by atoms with E-state index in [1.807, 2.05) is 12.1 Å². The van der Waals surface area contributed by atoms with Crippen LogP contribution in [-0.2, 0) is 33.2 Å². The Labute approximate surface area is 206 Å². The van der Waals surface area contributed by atoms with Crippen LogP contribution in [0.4, 0.5) is 10.2 Å². The molecule has 0 spiro atoms. The standard InChI is InChI=1S/C24H24FN4O6P/c1-32-36(30,31)34-16-29-10-3-6-21(24(29)26)22-14-20(28-35-22)13-18-7-8-23(27-15-18)33-11-9-17-4-2-5-19(25)12-17/h2-8,10,12,14-15,26H,9,11,13,16H2,1H3,(H,30,31)/p+1. The van der Waals surface area contributed by atoms with Gasteiger partial charge in [0.05, 0.1) is 18.5 Å². The van der Waals surface area contributed by atoms with Gasteiger partial charge in [-0.15, -0.1) is 0 Å². The van der Waals surface area contributed by atoms with Crippen LogP contribution in [0.1, 0.15) is 16.8 Å². The van der Waals surface area contributed by atoms with E-state index in [-0.39, 0.29) is 18.4 Å². The van der Waals surface area contributed by atoms with Crippen molar-refractivity contribution in [1.29, 1.82) is 0 Å². The third-order valence-corrected chi connectivity index (χ3v) is 6.15. The molecule has 3 heterocycles. The Morgan fingerprint density at radius 2 is 2.03 bits per heavy atom. The van der Waals surface area contributed by atoms with E-state index < -0.39 is 7.82 Å². The number of phosphoric ester groups is 1. The predicted octanol–water partition coefficient (Wildman–Crippen LogP) is 3.68. The normalized spacial score (nSPS) is 12.9. The molecule has 0 radical (unpaired) electrons. The lowest BCUT2D eigenvalue weighted by Crippen LogP contribution is -2.38. The third-order valence-electron chi connectivity index (χ3n) is 5.24. The number of ether oxygens (including phenoxy) is 1. The lowest BCUT2D eigenvalue weighted by atomic mass is 10.1. The number of nitrogens with zero attached hydrogens (tertiary/aromatic N) is 3. The van der Waals surface area contributed by atoms with E-state index in [2.05, 4.69) is 14.7 Å². The minimum absolute atomic E-state index is 0.262. The van der Waals surface area contributed by atoms with Gasteiger partial charge in [-0.2, -0.15) is 0 Å². The van der Waals surface area contributed by atoms with Gasteiger partial charge in [-0.1, -0.05) is 23.4 Å². The molecule has 188 valence electrons. The molecule has 4 rings (SSSR count). The first-order valence-corrected chi connectivity index (χ1v) is 12.4. The summed E-state index contributed by atoms with van der Waals surface area (Å²) in [5, 5.41) is 4.10. The number of nitrogens with two attached hydrogens (primary N) is 1. The summed E-state index contributed by atoms with van der Waals surface area (Å²) in [7, 11) is -3.07. The molecule has 3 N–H and O–H groups in total. The number of halogens is 1. The quantitative estimate of drug-likeness (QED) is 0.227. The molecule has 36 heavy (non-hydrogen) atoms. The van der Waals surface area contributed by atoms with Crippen molar-refractivity contribution >= 4 is 13.6 Å². The SMILES string of the molecule is COP(=O)(O)OC[n+]1cccc(-c2cc(Cc3ccc(OCCc4cccc(F)c4)nc3)no2)c1N. The first-order valence-electron chi connectivity index (χ1n) is 10.9. The second-order valence-electron chi connectivity index (χ2n) is 7.78. The number of hydrogen-bond donors (Lipinski definition) is 2. The minimum atomic E-state index is -4.15. The number of hydrogen-bond acceptors (Lipinski definition) is 8. The number of phosphoric acid groups is 1. The molecule has 0 saturated heterocycles. The number of rotatable bonds is 11. The van der Waals surface area contributed by atoms with Gasteiger partial charge in [-0.05, 0) is 35.4 Å². The number of nitrogen functional groups attached to an aromatic ring is 1. The molecule has 0 bridgehead atoms. The molecule has 0 fully saturated rings. The molecule has 0 aliphatic rings. The molecule has 0 amide bonds. The highest BCUT2D eigenvalue weighted by Crippen LogP contribution is 2.41. The maximum atomic E-state index is 13.3. The molecule has 0 saturated carbocycles. The molecule has 0 aliphatic carbocycles. The van der Waals surface area contributed by atoms with Crippen molar-refractivity contribution in [3.63, 3.8) is 0 Å². The van der Waals surface area contributed by atoms with Crippen molar-refractivity contribution in [3.05, 3.63) is 89.6 Å². The van der Waals surface area contributed by atoms with Gasteiger partial charge in [0.15, 0.2) is 5.76 Å². The maximum Gasteiger partial charge on any atom is 0.475 e. The smallest absolute Gasteiger partial charge is 0.475 e. The van der Waals surface area contributed by atoms with Crippen molar-refractivity contribution in [3.8, 4) is 17.2 Å². The van der Waals surface area contributed by atoms with Crippen LogP contribution in [0.5, 0.6) is 5.88 Å². The van der Waals surface area contributed by atoms with Crippen LogP contribution in [0.3, 0.4) is 0 Å². The Hall–Kier alpha value is -3.63. The van der Waals surface area contributed by atoms with Gasteiger partial charge in [-0.25, -0.2) is 23.0 Å². The van der Waals surface area contributed by atoms with E-state index in [1.54, 1.807) is 42.7 Å². The number of benzene rings is 1. The van der Waals surface area contributed by atoms with Crippen LogP contribution in [0.25, 0.3) is 11.3 Å². The molecular weight excluding hydrogens is 490 g/mol. The van der Waals surface area contributed by atoms with Gasteiger partial charge >= 0.3 is 7.82 Å². The topological polar surface area (TPSA) is 134 Å². The van der Waals surface area contributed by atoms with Gasteiger partial charge in [0.2, 0.25) is 12.6 Å². The minimum Gasteiger partial charge on any atom is -0.477 e. The molecule has 10 nitrogen and oxygen atoms in total. The number of anilines is 1. The van der Waals surface area contributed by atoms with Gasteiger partial charge < -0.3 is 14.2 Å². The Morgan fingerprint density at radius 1 is 1.17 bits per heavy atom. The lowest BCUT2D eigenvalue weighted by Gasteiger charge is -2.09. The van der Waals surface area contributed by atoms with Gasteiger partial charge in [0.1, 0.15) is 11.4 Å². The summed E-state index contributed by atoms with van der Waals surface area (Å²) in [6.45, 7) is 0.0952. The Balaban J connectivity index is 1.35. The van der Waals surface area contributed by atoms with Crippen LogP contribution in [-0.4, -0.2) is 28.8 Å². The molecule has 1 aromatic carbocycles. The molecule has 0 aliphatic heterocycles. The van der Waals surface area contributed by atoms with Gasteiger partial charge in [0.25, 0.3) is 5.82 Å². The van der Waals surface area contributed by atoms with E-state index >= 15 is 0 Å². The maximum absolute atomic E-state index is 13.3. The van der Waals surface area contributed by atoms with Gasteiger partial charge in [0, 0.05) is 38.3 Å². The largest absolute Gasteiger partial charge is 0.477 e. The van der Waals surface area contributed by atoms with E-state index in [0.29, 0.717) is 42.3 Å². The first kappa shape index (κ1) is 25.5.